The number of aliphatic hydroxyl groups is 1. The highest BCUT2D eigenvalue weighted by molar-refractivity contribution is 7.93. The van der Waals surface area contributed by atoms with E-state index in [-0.39, 0.29) is 15.7 Å². The minimum atomic E-state index is -3.83. The first kappa shape index (κ1) is 12.9. The van der Waals surface area contributed by atoms with Crippen LogP contribution in [0.1, 0.15) is 16.4 Å². The monoisotopic (exact) mass is 289 g/mol. The number of hydrogen-bond acceptors (Lipinski definition) is 7. The van der Waals surface area contributed by atoms with Crippen molar-refractivity contribution in [2.75, 3.05) is 4.72 Å². The Labute approximate surface area is 107 Å². The Bertz CT molecular complexity index is 660. The van der Waals surface area contributed by atoms with Gasteiger partial charge in [0.05, 0.1) is 12.3 Å². The lowest BCUT2D eigenvalue weighted by molar-refractivity contribution is 0.273. The largest absolute Gasteiger partial charge is 0.390 e. The highest BCUT2D eigenvalue weighted by Gasteiger charge is 2.25. The van der Waals surface area contributed by atoms with Crippen LogP contribution in [0.3, 0.4) is 0 Å². The Morgan fingerprint density at radius 3 is 2.67 bits per heavy atom. The van der Waals surface area contributed by atoms with Gasteiger partial charge in [-0.3, -0.25) is 9.82 Å². The third kappa shape index (κ3) is 2.35. The molecule has 2 rings (SSSR count). The van der Waals surface area contributed by atoms with E-state index >= 15 is 0 Å². The van der Waals surface area contributed by atoms with Crippen molar-refractivity contribution in [2.24, 2.45) is 0 Å². The van der Waals surface area contributed by atoms with E-state index in [0.717, 1.165) is 11.3 Å². The molecule has 2 heterocycles. The van der Waals surface area contributed by atoms with Crippen LogP contribution in [0.15, 0.2) is 4.90 Å². The molecule has 0 bridgehead atoms. The maximum absolute atomic E-state index is 12.1. The number of aromatic amines is 1. The second-order valence-corrected chi connectivity index (χ2v) is 6.32. The van der Waals surface area contributed by atoms with Gasteiger partial charge in [-0.2, -0.15) is 5.10 Å². The molecule has 98 valence electrons. The Morgan fingerprint density at radius 1 is 1.39 bits per heavy atom. The lowest BCUT2D eigenvalue weighted by Gasteiger charge is -2.04. The topological polar surface area (TPSA) is 121 Å². The van der Waals surface area contributed by atoms with E-state index < -0.39 is 16.6 Å². The van der Waals surface area contributed by atoms with Crippen molar-refractivity contribution in [1.82, 2.24) is 20.4 Å². The van der Waals surface area contributed by atoms with Gasteiger partial charge in [0.1, 0.15) is 15.6 Å². The zero-order chi connectivity index (χ0) is 13.3. The van der Waals surface area contributed by atoms with Gasteiger partial charge < -0.3 is 5.11 Å². The number of sulfonamides is 1. The molecule has 0 aliphatic carbocycles. The van der Waals surface area contributed by atoms with Crippen LogP contribution in [-0.4, -0.2) is 33.9 Å². The number of aromatic nitrogens is 4. The first-order chi connectivity index (χ1) is 8.44. The van der Waals surface area contributed by atoms with E-state index in [2.05, 4.69) is 25.1 Å². The number of nitrogens with zero attached hydrogens (tertiary/aromatic N) is 3. The fourth-order valence-corrected chi connectivity index (χ4v) is 3.62. The van der Waals surface area contributed by atoms with Crippen LogP contribution in [0.5, 0.6) is 0 Å². The average molecular weight is 289 g/mol. The molecule has 0 aliphatic heterocycles. The van der Waals surface area contributed by atoms with Crippen molar-refractivity contribution in [3.63, 3.8) is 0 Å². The highest BCUT2D eigenvalue weighted by Crippen LogP contribution is 2.23. The zero-order valence-electron chi connectivity index (χ0n) is 9.63. The molecule has 0 amide bonds. The van der Waals surface area contributed by atoms with Crippen LogP contribution in [0.4, 0.5) is 5.13 Å². The van der Waals surface area contributed by atoms with Crippen LogP contribution >= 0.6 is 11.3 Å². The van der Waals surface area contributed by atoms with Gasteiger partial charge in [0.15, 0.2) is 0 Å². The molecule has 0 aliphatic rings. The minimum absolute atomic E-state index is 0.0575. The summed E-state index contributed by atoms with van der Waals surface area (Å²) >= 11 is 1.13. The summed E-state index contributed by atoms with van der Waals surface area (Å²) in [6, 6.07) is 0. The number of aryl methyl sites for hydroxylation is 2. The predicted octanol–water partition coefficient (Wildman–Crippen LogP) is 0.171. The van der Waals surface area contributed by atoms with E-state index in [1.54, 1.807) is 13.8 Å². The zero-order valence-corrected chi connectivity index (χ0v) is 11.3. The summed E-state index contributed by atoms with van der Waals surface area (Å²) in [7, 11) is -3.83. The Hall–Kier alpha value is -1.52. The summed E-state index contributed by atoms with van der Waals surface area (Å²) in [5.41, 5.74) is 0.425. The Kier molecular flexibility index (Phi) is 3.32. The van der Waals surface area contributed by atoms with E-state index in [9.17, 15) is 8.42 Å². The molecule has 0 spiro atoms. The Morgan fingerprint density at radius 2 is 2.11 bits per heavy atom. The van der Waals surface area contributed by atoms with Crippen molar-refractivity contribution in [1.29, 1.82) is 0 Å². The summed E-state index contributed by atoms with van der Waals surface area (Å²) in [6.45, 7) is 2.82. The van der Waals surface area contributed by atoms with Crippen molar-refractivity contribution in [3.8, 4) is 0 Å². The van der Waals surface area contributed by atoms with Gasteiger partial charge in [-0.15, -0.1) is 10.2 Å². The second kappa shape index (κ2) is 4.63. The van der Waals surface area contributed by atoms with Crippen molar-refractivity contribution in [3.05, 3.63) is 16.4 Å². The highest BCUT2D eigenvalue weighted by atomic mass is 32.2. The molecule has 18 heavy (non-hydrogen) atoms. The van der Waals surface area contributed by atoms with E-state index in [1.807, 2.05) is 0 Å². The van der Waals surface area contributed by atoms with Crippen molar-refractivity contribution < 1.29 is 13.5 Å². The maximum Gasteiger partial charge on any atom is 0.267 e. The molecule has 0 saturated heterocycles. The van der Waals surface area contributed by atoms with Crippen LogP contribution in [0, 0.1) is 13.8 Å². The molecule has 0 fully saturated rings. The minimum Gasteiger partial charge on any atom is -0.390 e. The lowest BCUT2D eigenvalue weighted by atomic mass is 10.4. The van der Waals surface area contributed by atoms with Gasteiger partial charge >= 0.3 is 0 Å². The van der Waals surface area contributed by atoms with Crippen LogP contribution in [-0.2, 0) is 16.6 Å². The summed E-state index contributed by atoms with van der Waals surface area (Å²) in [5.74, 6) is 0. The molecule has 0 unspecified atom stereocenters. The molecule has 0 saturated carbocycles. The predicted molar refractivity (Wildman–Crippen MR) is 64.7 cm³/mol. The van der Waals surface area contributed by atoms with Gasteiger partial charge in [0.25, 0.3) is 10.0 Å². The smallest absolute Gasteiger partial charge is 0.267 e. The first-order valence-electron chi connectivity index (χ1n) is 4.91. The van der Waals surface area contributed by atoms with Gasteiger partial charge in [-0.1, -0.05) is 11.3 Å². The third-order valence-electron chi connectivity index (χ3n) is 2.13. The summed E-state index contributed by atoms with van der Waals surface area (Å²) in [4.78, 5) is -0.0575. The number of rotatable bonds is 4. The van der Waals surface area contributed by atoms with Gasteiger partial charge in [0.2, 0.25) is 5.13 Å². The molecule has 10 heteroatoms. The van der Waals surface area contributed by atoms with Crippen molar-refractivity contribution >= 4 is 26.5 Å². The second-order valence-electron chi connectivity index (χ2n) is 3.51. The summed E-state index contributed by atoms with van der Waals surface area (Å²) < 4.78 is 26.6. The average Bonchev–Trinajstić information content (AvgIpc) is 2.84. The van der Waals surface area contributed by atoms with Crippen LogP contribution in [0.25, 0.3) is 0 Å². The SMILES string of the molecule is Cc1nnc(NS(=O)(=O)c2c(CO)n[nH]c2C)s1. The number of H-pyrrole nitrogens is 1. The fraction of sp³-hybridized carbons (Fsp3) is 0.375. The number of hydrogen-bond donors (Lipinski definition) is 3. The molecular formula is C8H11N5O3S2. The number of aliphatic hydroxyl groups excluding tert-OH is 1. The maximum atomic E-state index is 12.1. The molecular weight excluding hydrogens is 278 g/mol. The molecule has 0 aromatic carbocycles. The molecule has 3 N–H and O–H groups in total. The Balaban J connectivity index is 2.39. The standard InChI is InChI=1S/C8H11N5O3S2/c1-4-7(6(3-14)11-9-4)18(15,16)13-8-12-10-5(2)17-8/h14H,3H2,1-2H3,(H,9,11)(H,12,13). The molecule has 2 aromatic heterocycles. The van der Waals surface area contributed by atoms with Crippen molar-refractivity contribution in [2.45, 2.75) is 25.3 Å². The van der Waals surface area contributed by atoms with Gasteiger partial charge in [0, 0.05) is 0 Å². The van der Waals surface area contributed by atoms with Gasteiger partial charge in [-0.25, -0.2) is 8.42 Å². The number of nitrogens with one attached hydrogen (secondary N) is 2. The molecule has 0 radical (unpaired) electrons. The quantitative estimate of drug-likeness (QED) is 0.738. The lowest BCUT2D eigenvalue weighted by Crippen LogP contribution is -2.15. The summed E-state index contributed by atoms with van der Waals surface area (Å²) in [6.07, 6.45) is 0. The molecule has 0 atom stereocenters. The fourth-order valence-electron chi connectivity index (χ4n) is 1.44. The number of anilines is 1. The molecule has 8 nitrogen and oxygen atoms in total. The van der Waals surface area contributed by atoms with Crippen LogP contribution in [0.2, 0.25) is 0 Å². The third-order valence-corrected chi connectivity index (χ3v) is 4.55. The van der Waals surface area contributed by atoms with Gasteiger partial charge in [-0.05, 0) is 13.8 Å². The molecule has 2 aromatic rings. The summed E-state index contributed by atoms with van der Waals surface area (Å²) in [5, 5.41) is 23.5. The normalized spacial score (nSPS) is 11.7. The van der Waals surface area contributed by atoms with Crippen LogP contribution < -0.4 is 4.72 Å². The van der Waals surface area contributed by atoms with E-state index in [0.29, 0.717) is 10.7 Å². The van der Waals surface area contributed by atoms with E-state index in [4.69, 9.17) is 5.11 Å². The van der Waals surface area contributed by atoms with E-state index in [1.165, 1.54) is 0 Å². The first-order valence-corrected chi connectivity index (χ1v) is 7.21.